The summed E-state index contributed by atoms with van der Waals surface area (Å²) in [5.74, 6) is 2.77. The van der Waals surface area contributed by atoms with Gasteiger partial charge in [0.05, 0.1) is 0 Å². The zero-order valence-corrected chi connectivity index (χ0v) is 13.8. The number of hydrogen-bond donors (Lipinski definition) is 1. The van der Waals surface area contributed by atoms with E-state index in [0.717, 1.165) is 29.8 Å². The third-order valence-electron chi connectivity index (χ3n) is 6.04. The number of likely N-dealkylation sites (tertiary alicyclic amines) is 1. The van der Waals surface area contributed by atoms with E-state index in [1.807, 2.05) is 0 Å². The van der Waals surface area contributed by atoms with Crippen LogP contribution in [0.3, 0.4) is 0 Å². The van der Waals surface area contributed by atoms with E-state index in [-0.39, 0.29) is 0 Å². The fourth-order valence-electron chi connectivity index (χ4n) is 5.05. The van der Waals surface area contributed by atoms with E-state index in [4.69, 9.17) is 0 Å². The summed E-state index contributed by atoms with van der Waals surface area (Å²) in [5, 5.41) is 3.46. The molecule has 0 saturated carbocycles. The van der Waals surface area contributed by atoms with Gasteiger partial charge >= 0.3 is 0 Å². The van der Waals surface area contributed by atoms with Crippen molar-refractivity contribution in [2.45, 2.75) is 58.2 Å². The maximum Gasteiger partial charge on any atom is 0.0295 e. The molecule has 4 aliphatic rings. The van der Waals surface area contributed by atoms with Gasteiger partial charge in [0.1, 0.15) is 0 Å². The molecule has 0 aliphatic carbocycles. The smallest absolute Gasteiger partial charge is 0.0295 e. The first-order valence-electron chi connectivity index (χ1n) is 8.75. The Morgan fingerprint density at radius 3 is 2.45 bits per heavy atom. The van der Waals surface area contributed by atoms with Gasteiger partial charge in [-0.15, -0.1) is 0 Å². The summed E-state index contributed by atoms with van der Waals surface area (Å²) in [6, 6.07) is 2.28. The molecule has 20 heavy (non-hydrogen) atoms. The van der Waals surface area contributed by atoms with Crippen LogP contribution in [0.1, 0.15) is 40.0 Å². The molecule has 2 bridgehead atoms. The zero-order valence-electron chi connectivity index (χ0n) is 13.8. The average Bonchev–Trinajstić information content (AvgIpc) is 2.79. The molecule has 3 heteroatoms. The van der Waals surface area contributed by atoms with E-state index in [1.165, 1.54) is 45.4 Å². The van der Waals surface area contributed by atoms with Crippen LogP contribution >= 0.6 is 0 Å². The third-order valence-corrected chi connectivity index (χ3v) is 6.04. The molecule has 0 aromatic rings. The largest absolute Gasteiger partial charge is 0.317 e. The van der Waals surface area contributed by atoms with Gasteiger partial charge in [0.15, 0.2) is 0 Å². The molecule has 0 spiro atoms. The zero-order chi connectivity index (χ0) is 14.3. The molecule has 1 N–H and O–H groups in total. The molecule has 4 unspecified atom stereocenters. The van der Waals surface area contributed by atoms with E-state index in [0.29, 0.717) is 6.04 Å². The summed E-state index contributed by atoms with van der Waals surface area (Å²) >= 11 is 0. The highest BCUT2D eigenvalue weighted by atomic mass is 15.3. The normalized spacial score (nSPS) is 42.1. The summed E-state index contributed by atoms with van der Waals surface area (Å²) < 4.78 is 0. The van der Waals surface area contributed by atoms with Crippen LogP contribution in [-0.2, 0) is 0 Å². The molecule has 0 radical (unpaired) electrons. The monoisotopic (exact) mass is 279 g/mol. The maximum absolute atomic E-state index is 3.46. The lowest BCUT2D eigenvalue weighted by molar-refractivity contribution is 0.000969. The predicted octanol–water partition coefficient (Wildman–Crippen LogP) is 2.03. The standard InChI is InChI=1S/C17H33N3/c1-12(2)10-20-11-15-14-5-7-19(8-6-14)17(15)16(20)9-13(3)18-4/h12-18H,5-11H2,1-4H3. The fraction of sp³-hybridized carbons (Fsp3) is 1.00. The molecule has 4 heterocycles. The first-order chi connectivity index (χ1) is 9.60. The Hall–Kier alpha value is -0.120. The molecule has 4 fully saturated rings. The highest BCUT2D eigenvalue weighted by Crippen LogP contribution is 2.45. The number of nitrogens with one attached hydrogen (secondary N) is 1. The van der Waals surface area contributed by atoms with Gasteiger partial charge in [-0.3, -0.25) is 9.80 Å². The number of nitrogens with zero attached hydrogens (tertiary/aromatic N) is 2. The van der Waals surface area contributed by atoms with Gasteiger partial charge in [0.2, 0.25) is 0 Å². The van der Waals surface area contributed by atoms with Crippen molar-refractivity contribution in [1.29, 1.82) is 0 Å². The molecule has 116 valence electrons. The van der Waals surface area contributed by atoms with Crippen molar-refractivity contribution in [1.82, 2.24) is 15.1 Å². The summed E-state index contributed by atoms with van der Waals surface area (Å²) in [6.07, 6.45) is 4.24. The fourth-order valence-corrected chi connectivity index (χ4v) is 5.05. The number of fused-ring (bicyclic) bond motifs is 2. The first kappa shape index (κ1) is 14.8. The lowest BCUT2D eigenvalue weighted by atomic mass is 9.73. The Bertz CT molecular complexity index is 322. The molecule has 4 saturated heterocycles. The molecule has 0 aromatic carbocycles. The molecule has 4 atom stereocenters. The van der Waals surface area contributed by atoms with Crippen molar-refractivity contribution in [3.8, 4) is 0 Å². The van der Waals surface area contributed by atoms with Gasteiger partial charge in [0, 0.05) is 31.2 Å². The molecule has 0 amide bonds. The average molecular weight is 279 g/mol. The van der Waals surface area contributed by atoms with Crippen LogP contribution in [0.2, 0.25) is 0 Å². The Balaban J connectivity index is 1.77. The first-order valence-corrected chi connectivity index (χ1v) is 8.75. The summed E-state index contributed by atoms with van der Waals surface area (Å²) in [7, 11) is 2.11. The molecular weight excluding hydrogens is 246 g/mol. The van der Waals surface area contributed by atoms with Crippen molar-refractivity contribution in [2.24, 2.45) is 17.8 Å². The van der Waals surface area contributed by atoms with Gasteiger partial charge in [-0.2, -0.15) is 0 Å². The second-order valence-electron chi connectivity index (χ2n) is 7.87. The van der Waals surface area contributed by atoms with Crippen molar-refractivity contribution in [2.75, 3.05) is 33.2 Å². The Morgan fingerprint density at radius 2 is 1.85 bits per heavy atom. The number of piperidine rings is 3. The summed E-state index contributed by atoms with van der Waals surface area (Å²) in [6.45, 7) is 12.5. The summed E-state index contributed by atoms with van der Waals surface area (Å²) in [4.78, 5) is 5.67. The number of rotatable bonds is 5. The molecule has 0 aromatic heterocycles. The van der Waals surface area contributed by atoms with Gasteiger partial charge in [-0.1, -0.05) is 13.8 Å². The van der Waals surface area contributed by atoms with Gasteiger partial charge in [-0.05, 0) is 64.1 Å². The van der Waals surface area contributed by atoms with Crippen molar-refractivity contribution in [3.05, 3.63) is 0 Å². The Labute approximate surface area is 125 Å². The van der Waals surface area contributed by atoms with Gasteiger partial charge in [0.25, 0.3) is 0 Å². The Morgan fingerprint density at radius 1 is 1.15 bits per heavy atom. The minimum absolute atomic E-state index is 0.634. The van der Waals surface area contributed by atoms with Crippen LogP contribution in [0.5, 0.6) is 0 Å². The van der Waals surface area contributed by atoms with Crippen LogP contribution in [0.25, 0.3) is 0 Å². The second-order valence-corrected chi connectivity index (χ2v) is 7.87. The SMILES string of the molecule is CNC(C)CC1C2C(CN1CC(C)C)C1CCN2CC1. The second kappa shape index (κ2) is 5.94. The van der Waals surface area contributed by atoms with E-state index in [1.54, 1.807) is 0 Å². The minimum atomic E-state index is 0.634. The highest BCUT2D eigenvalue weighted by molar-refractivity contribution is 5.07. The van der Waals surface area contributed by atoms with E-state index in [2.05, 4.69) is 42.9 Å². The van der Waals surface area contributed by atoms with Crippen molar-refractivity contribution < 1.29 is 0 Å². The van der Waals surface area contributed by atoms with Crippen LogP contribution in [0.15, 0.2) is 0 Å². The lowest BCUT2D eigenvalue weighted by Crippen LogP contribution is -2.57. The van der Waals surface area contributed by atoms with Crippen LogP contribution in [0, 0.1) is 17.8 Å². The van der Waals surface area contributed by atoms with Crippen molar-refractivity contribution in [3.63, 3.8) is 0 Å². The Kier molecular flexibility index (Phi) is 4.40. The molecular formula is C17H33N3. The van der Waals surface area contributed by atoms with E-state index in [9.17, 15) is 0 Å². The lowest BCUT2D eigenvalue weighted by Gasteiger charge is -2.50. The topological polar surface area (TPSA) is 18.5 Å². The third kappa shape index (κ3) is 2.65. The highest BCUT2D eigenvalue weighted by Gasteiger charge is 2.52. The molecule has 3 nitrogen and oxygen atoms in total. The van der Waals surface area contributed by atoms with Crippen molar-refractivity contribution >= 4 is 0 Å². The molecule has 4 aliphatic heterocycles. The van der Waals surface area contributed by atoms with Crippen LogP contribution < -0.4 is 5.32 Å². The molecule has 4 rings (SSSR count). The van der Waals surface area contributed by atoms with Crippen LogP contribution in [0.4, 0.5) is 0 Å². The minimum Gasteiger partial charge on any atom is -0.317 e. The van der Waals surface area contributed by atoms with Gasteiger partial charge < -0.3 is 5.32 Å². The number of hydrogen-bond acceptors (Lipinski definition) is 3. The predicted molar refractivity (Wildman–Crippen MR) is 84.9 cm³/mol. The quantitative estimate of drug-likeness (QED) is 0.831. The van der Waals surface area contributed by atoms with Crippen LogP contribution in [-0.4, -0.2) is 61.2 Å². The summed E-state index contributed by atoms with van der Waals surface area (Å²) in [5.41, 5.74) is 0. The maximum atomic E-state index is 3.46. The van der Waals surface area contributed by atoms with E-state index < -0.39 is 0 Å². The van der Waals surface area contributed by atoms with E-state index >= 15 is 0 Å². The van der Waals surface area contributed by atoms with Gasteiger partial charge in [-0.25, -0.2) is 0 Å².